The van der Waals surface area contributed by atoms with E-state index in [9.17, 15) is 18.0 Å². The third-order valence-corrected chi connectivity index (χ3v) is 7.98. The summed E-state index contributed by atoms with van der Waals surface area (Å²) in [6, 6.07) is 4.82. The first-order valence-electron chi connectivity index (χ1n) is 9.58. The van der Waals surface area contributed by atoms with Gasteiger partial charge in [-0.1, -0.05) is 15.9 Å². The third-order valence-electron chi connectivity index (χ3n) is 5.56. The average Bonchev–Trinajstić information content (AvgIpc) is 3.48. The number of sulfonamides is 1. The van der Waals surface area contributed by atoms with Crippen LogP contribution in [-0.4, -0.2) is 47.6 Å². The zero-order chi connectivity index (χ0) is 20.8. The smallest absolute Gasteiger partial charge is 0.404 e. The molecule has 10 heteroatoms. The van der Waals surface area contributed by atoms with Crippen LogP contribution in [0.15, 0.2) is 38.6 Å². The van der Waals surface area contributed by atoms with E-state index in [1.165, 1.54) is 15.1 Å². The third kappa shape index (κ3) is 4.19. The lowest BCUT2D eigenvalue weighted by Crippen LogP contribution is -2.46. The number of hydrogen-bond acceptors (Lipinski definition) is 4. The summed E-state index contributed by atoms with van der Waals surface area (Å²) in [6.45, 7) is 0.979. The van der Waals surface area contributed by atoms with Gasteiger partial charge in [0.05, 0.1) is 0 Å². The van der Waals surface area contributed by atoms with Crippen molar-refractivity contribution in [3.8, 4) is 0 Å². The Morgan fingerprint density at radius 2 is 1.86 bits per heavy atom. The van der Waals surface area contributed by atoms with Gasteiger partial charge < -0.3 is 15.0 Å². The van der Waals surface area contributed by atoms with Gasteiger partial charge in [0.15, 0.2) is 0 Å². The first-order valence-corrected chi connectivity index (χ1v) is 11.8. The van der Waals surface area contributed by atoms with Gasteiger partial charge in [0, 0.05) is 47.1 Å². The summed E-state index contributed by atoms with van der Waals surface area (Å²) in [5.74, 6) is 0.425. The van der Waals surface area contributed by atoms with Crippen molar-refractivity contribution >= 4 is 42.8 Å². The van der Waals surface area contributed by atoms with E-state index in [-0.39, 0.29) is 29.6 Å². The number of carboxylic acid groups (broad SMARTS) is 1. The second kappa shape index (κ2) is 7.73. The number of pyridine rings is 1. The number of rotatable bonds is 5. The van der Waals surface area contributed by atoms with Gasteiger partial charge in [-0.3, -0.25) is 4.79 Å². The van der Waals surface area contributed by atoms with Crippen LogP contribution in [0.25, 0.3) is 10.8 Å². The number of halogens is 1. The van der Waals surface area contributed by atoms with E-state index in [2.05, 4.69) is 21.2 Å². The molecule has 2 N–H and O–H groups in total. The van der Waals surface area contributed by atoms with E-state index < -0.39 is 16.1 Å². The molecule has 0 atom stereocenters. The van der Waals surface area contributed by atoms with Crippen LogP contribution in [0, 0.1) is 5.92 Å². The molecule has 0 radical (unpaired) electrons. The topological polar surface area (TPSA) is 109 Å². The number of amides is 1. The quantitative estimate of drug-likeness (QED) is 0.679. The van der Waals surface area contributed by atoms with E-state index in [4.69, 9.17) is 5.11 Å². The fourth-order valence-electron chi connectivity index (χ4n) is 3.81. The SMILES string of the molecule is O=C(O)NC1CCN(S(=O)(=O)c2cn(CC3CC3)c(=O)c3ccc(Br)cc23)CC1. The standard InChI is InChI=1S/C19H22BrN3O5S/c20-13-3-4-15-16(9-13)17(11-22(18(15)24)10-12-1-2-12)29(27,28)23-7-5-14(6-8-23)21-19(25)26/h3-4,9,11-12,14,21H,1-2,5-8,10H2,(H,25,26). The minimum atomic E-state index is -3.83. The Balaban J connectivity index is 1.73. The first kappa shape index (κ1) is 20.4. The Labute approximate surface area is 176 Å². The minimum Gasteiger partial charge on any atom is -0.465 e. The molecule has 4 rings (SSSR count). The molecule has 8 nitrogen and oxygen atoms in total. The van der Waals surface area contributed by atoms with Gasteiger partial charge >= 0.3 is 6.09 Å². The second-order valence-electron chi connectivity index (χ2n) is 7.71. The average molecular weight is 484 g/mol. The first-order chi connectivity index (χ1) is 13.8. The molecule has 156 valence electrons. The summed E-state index contributed by atoms with van der Waals surface area (Å²) in [6.07, 6.45) is 3.30. The fourth-order valence-corrected chi connectivity index (χ4v) is 5.84. The number of nitrogens with zero attached hydrogens (tertiary/aromatic N) is 2. The number of carbonyl (C=O) groups is 1. The summed E-state index contributed by atoms with van der Waals surface area (Å²) in [7, 11) is -3.83. The van der Waals surface area contributed by atoms with Crippen molar-refractivity contribution in [2.24, 2.45) is 5.92 Å². The molecule has 1 aromatic carbocycles. The molecule has 0 bridgehead atoms. The molecule has 1 aromatic heterocycles. The number of hydrogen-bond donors (Lipinski definition) is 2. The highest BCUT2D eigenvalue weighted by atomic mass is 79.9. The molecule has 2 aromatic rings. The maximum Gasteiger partial charge on any atom is 0.404 e. The number of piperidine rings is 1. The predicted octanol–water partition coefficient (Wildman–Crippen LogP) is 2.59. The normalized spacial score (nSPS) is 18.8. The highest BCUT2D eigenvalue weighted by molar-refractivity contribution is 9.10. The van der Waals surface area contributed by atoms with Gasteiger partial charge in [-0.05, 0) is 49.8 Å². The molecule has 1 saturated heterocycles. The van der Waals surface area contributed by atoms with Gasteiger partial charge in [0.2, 0.25) is 10.0 Å². The number of fused-ring (bicyclic) bond motifs is 1. The van der Waals surface area contributed by atoms with E-state index in [0.717, 1.165) is 12.8 Å². The lowest BCUT2D eigenvalue weighted by Gasteiger charge is -2.31. The summed E-state index contributed by atoms with van der Waals surface area (Å²) in [5, 5.41) is 12.1. The zero-order valence-corrected chi connectivity index (χ0v) is 18.1. The Kier molecular flexibility index (Phi) is 5.43. The predicted molar refractivity (Wildman–Crippen MR) is 112 cm³/mol. The molecule has 1 aliphatic carbocycles. The monoisotopic (exact) mass is 483 g/mol. The molecule has 29 heavy (non-hydrogen) atoms. The maximum absolute atomic E-state index is 13.5. The lowest BCUT2D eigenvalue weighted by atomic mass is 10.1. The van der Waals surface area contributed by atoms with Crippen LogP contribution < -0.4 is 10.9 Å². The van der Waals surface area contributed by atoms with Gasteiger partial charge in [0.1, 0.15) is 4.90 Å². The molecular weight excluding hydrogens is 462 g/mol. The van der Waals surface area contributed by atoms with Crippen molar-refractivity contribution in [3.63, 3.8) is 0 Å². The van der Waals surface area contributed by atoms with E-state index >= 15 is 0 Å². The van der Waals surface area contributed by atoms with Crippen molar-refractivity contribution in [2.75, 3.05) is 13.1 Å². The summed E-state index contributed by atoms with van der Waals surface area (Å²) >= 11 is 3.37. The Hall–Kier alpha value is -1.91. The van der Waals surface area contributed by atoms with Crippen LogP contribution in [-0.2, 0) is 16.6 Å². The highest BCUT2D eigenvalue weighted by Gasteiger charge is 2.32. The highest BCUT2D eigenvalue weighted by Crippen LogP contribution is 2.32. The molecule has 1 aliphatic heterocycles. The molecule has 2 heterocycles. The molecule has 1 amide bonds. The molecule has 1 saturated carbocycles. The van der Waals surface area contributed by atoms with Crippen molar-refractivity contribution in [3.05, 3.63) is 39.2 Å². The minimum absolute atomic E-state index is 0.124. The van der Waals surface area contributed by atoms with Crippen LogP contribution >= 0.6 is 15.9 Å². The Bertz CT molecular complexity index is 1120. The van der Waals surface area contributed by atoms with E-state index in [0.29, 0.717) is 40.5 Å². The van der Waals surface area contributed by atoms with Crippen LogP contribution in [0.4, 0.5) is 4.79 Å². The Morgan fingerprint density at radius 1 is 1.17 bits per heavy atom. The van der Waals surface area contributed by atoms with E-state index in [1.807, 2.05) is 0 Å². The van der Waals surface area contributed by atoms with Crippen molar-refractivity contribution in [2.45, 2.75) is 43.2 Å². The zero-order valence-electron chi connectivity index (χ0n) is 15.7. The summed E-state index contributed by atoms with van der Waals surface area (Å²) < 4.78 is 30.5. The largest absolute Gasteiger partial charge is 0.465 e. The van der Waals surface area contributed by atoms with Crippen LogP contribution in [0.5, 0.6) is 0 Å². The maximum atomic E-state index is 13.5. The van der Waals surface area contributed by atoms with Crippen molar-refractivity contribution < 1.29 is 18.3 Å². The van der Waals surface area contributed by atoms with Gasteiger partial charge in [-0.2, -0.15) is 4.31 Å². The summed E-state index contributed by atoms with van der Waals surface area (Å²) in [5.41, 5.74) is -0.178. The molecular formula is C19H22BrN3O5S. The molecule has 0 spiro atoms. The van der Waals surface area contributed by atoms with Crippen molar-refractivity contribution in [1.29, 1.82) is 0 Å². The molecule has 2 fully saturated rings. The Morgan fingerprint density at radius 3 is 2.48 bits per heavy atom. The van der Waals surface area contributed by atoms with Gasteiger partial charge in [-0.25, -0.2) is 13.2 Å². The number of nitrogens with one attached hydrogen (secondary N) is 1. The van der Waals surface area contributed by atoms with Crippen LogP contribution in [0.3, 0.4) is 0 Å². The number of benzene rings is 1. The molecule has 2 aliphatic rings. The van der Waals surface area contributed by atoms with E-state index in [1.54, 1.807) is 18.2 Å². The summed E-state index contributed by atoms with van der Waals surface area (Å²) in [4.78, 5) is 23.8. The molecule has 0 unspecified atom stereocenters. The number of aromatic nitrogens is 1. The van der Waals surface area contributed by atoms with Crippen LogP contribution in [0.2, 0.25) is 0 Å². The van der Waals surface area contributed by atoms with Crippen molar-refractivity contribution in [1.82, 2.24) is 14.2 Å². The van der Waals surface area contributed by atoms with Crippen LogP contribution in [0.1, 0.15) is 25.7 Å². The second-order valence-corrected chi connectivity index (χ2v) is 10.5. The van der Waals surface area contributed by atoms with Gasteiger partial charge in [0.25, 0.3) is 5.56 Å². The fraction of sp³-hybridized carbons (Fsp3) is 0.474. The van der Waals surface area contributed by atoms with Gasteiger partial charge in [-0.15, -0.1) is 0 Å². The lowest BCUT2D eigenvalue weighted by molar-refractivity contribution is 0.183.